The lowest BCUT2D eigenvalue weighted by Crippen LogP contribution is -2.12. The Labute approximate surface area is 117 Å². The molecular formula is C17H14O3. The quantitative estimate of drug-likeness (QED) is 0.415. The molecule has 1 aliphatic carbocycles. The Balaban J connectivity index is 1.93. The molecule has 0 atom stereocenters. The molecule has 20 heavy (non-hydrogen) atoms. The molecule has 0 fully saturated rings. The van der Waals surface area contributed by atoms with Crippen LogP contribution in [0.4, 0.5) is 0 Å². The monoisotopic (exact) mass is 266 g/mol. The van der Waals surface area contributed by atoms with Gasteiger partial charge in [-0.05, 0) is 29.7 Å². The van der Waals surface area contributed by atoms with Gasteiger partial charge >= 0.3 is 5.97 Å². The Morgan fingerprint density at radius 1 is 1.05 bits per heavy atom. The van der Waals surface area contributed by atoms with Crippen LogP contribution in [0.2, 0.25) is 0 Å². The molecule has 0 heterocycles. The minimum absolute atomic E-state index is 0.184. The Hall–Kier alpha value is -2.42. The van der Waals surface area contributed by atoms with Gasteiger partial charge in [0.05, 0.1) is 0 Å². The molecule has 0 saturated carbocycles. The van der Waals surface area contributed by atoms with Crippen LogP contribution in [0.1, 0.15) is 24.5 Å². The third-order valence-electron chi connectivity index (χ3n) is 3.42. The van der Waals surface area contributed by atoms with Crippen molar-refractivity contribution in [2.45, 2.75) is 19.8 Å². The Kier molecular flexibility index (Phi) is 3.11. The molecule has 0 N–H and O–H groups in total. The molecular weight excluding hydrogens is 252 g/mol. The minimum atomic E-state index is -0.498. The first-order valence-corrected chi connectivity index (χ1v) is 6.55. The highest BCUT2D eigenvalue weighted by Crippen LogP contribution is 2.40. The van der Waals surface area contributed by atoms with Gasteiger partial charge in [-0.15, -0.1) is 0 Å². The van der Waals surface area contributed by atoms with E-state index >= 15 is 0 Å². The van der Waals surface area contributed by atoms with Crippen LogP contribution < -0.4 is 4.74 Å². The predicted molar refractivity (Wildman–Crippen MR) is 75.6 cm³/mol. The zero-order valence-electron chi connectivity index (χ0n) is 11.2. The van der Waals surface area contributed by atoms with Crippen molar-refractivity contribution in [3.63, 3.8) is 0 Å². The van der Waals surface area contributed by atoms with Crippen LogP contribution in [0.5, 0.6) is 5.75 Å². The van der Waals surface area contributed by atoms with Gasteiger partial charge in [-0.2, -0.15) is 0 Å². The van der Waals surface area contributed by atoms with Crippen LogP contribution in [-0.2, 0) is 16.0 Å². The highest BCUT2D eigenvalue weighted by molar-refractivity contribution is 5.95. The van der Waals surface area contributed by atoms with Gasteiger partial charge in [-0.25, -0.2) is 0 Å². The highest BCUT2D eigenvalue weighted by Gasteiger charge is 2.22. The van der Waals surface area contributed by atoms with Gasteiger partial charge in [0.1, 0.15) is 18.0 Å². The van der Waals surface area contributed by atoms with Gasteiger partial charge in [-0.1, -0.05) is 36.4 Å². The molecule has 100 valence electrons. The molecule has 0 unspecified atom stereocenters. The number of rotatable bonds is 3. The van der Waals surface area contributed by atoms with Crippen LogP contribution in [0.25, 0.3) is 11.1 Å². The number of ether oxygens (including phenoxy) is 1. The summed E-state index contributed by atoms with van der Waals surface area (Å²) < 4.78 is 5.34. The molecule has 3 nitrogen and oxygen atoms in total. The maximum absolute atomic E-state index is 11.7. The normalized spacial score (nSPS) is 11.7. The summed E-state index contributed by atoms with van der Waals surface area (Å²) in [6.45, 7) is 1.38. The summed E-state index contributed by atoms with van der Waals surface area (Å²) in [5.74, 6) is -0.127. The lowest BCUT2D eigenvalue weighted by Gasteiger charge is -2.08. The predicted octanol–water partition coefficient (Wildman–Crippen LogP) is 3.14. The number of ketones is 1. The fourth-order valence-electron chi connectivity index (χ4n) is 2.59. The first kappa shape index (κ1) is 12.6. The lowest BCUT2D eigenvalue weighted by atomic mass is 10.1. The van der Waals surface area contributed by atoms with Gasteiger partial charge < -0.3 is 4.74 Å². The molecule has 1 aliphatic rings. The standard InChI is InChI=1S/C17H14O3/c1-11(18)9-17(19)20-16-8-4-7-14-13-6-3-2-5-12(13)10-15(14)16/h2-8H,9-10H2,1H3. The van der Waals surface area contributed by atoms with E-state index in [1.165, 1.54) is 18.1 Å². The molecule has 3 rings (SSSR count). The van der Waals surface area contributed by atoms with Crippen molar-refractivity contribution in [3.05, 3.63) is 53.6 Å². The molecule has 0 bridgehead atoms. The number of carbonyl (C=O) groups excluding carboxylic acids is 2. The third-order valence-corrected chi connectivity index (χ3v) is 3.42. The van der Waals surface area contributed by atoms with Crippen LogP contribution in [0.3, 0.4) is 0 Å². The van der Waals surface area contributed by atoms with Crippen LogP contribution in [0, 0.1) is 0 Å². The SMILES string of the molecule is CC(=O)CC(=O)Oc1cccc2c1Cc1ccccc1-2. The maximum Gasteiger partial charge on any atom is 0.318 e. The molecule has 0 aliphatic heterocycles. The van der Waals surface area contributed by atoms with Crippen molar-refractivity contribution in [2.75, 3.05) is 0 Å². The van der Waals surface area contributed by atoms with Crippen LogP contribution in [-0.4, -0.2) is 11.8 Å². The second-order valence-electron chi connectivity index (χ2n) is 4.97. The molecule has 0 aromatic heterocycles. The maximum atomic E-state index is 11.7. The van der Waals surface area contributed by atoms with E-state index in [4.69, 9.17) is 4.74 Å². The number of fused-ring (bicyclic) bond motifs is 3. The molecule has 0 amide bonds. The van der Waals surface area contributed by atoms with E-state index in [9.17, 15) is 9.59 Å². The molecule has 0 spiro atoms. The van der Waals surface area contributed by atoms with Gasteiger partial charge in [0.15, 0.2) is 0 Å². The van der Waals surface area contributed by atoms with E-state index in [0.717, 1.165) is 17.5 Å². The molecule has 2 aromatic rings. The van der Waals surface area contributed by atoms with Crippen molar-refractivity contribution in [1.29, 1.82) is 0 Å². The van der Waals surface area contributed by atoms with Gasteiger partial charge in [-0.3, -0.25) is 9.59 Å². The van der Waals surface area contributed by atoms with E-state index in [2.05, 4.69) is 12.1 Å². The zero-order chi connectivity index (χ0) is 14.1. The number of hydrogen-bond acceptors (Lipinski definition) is 3. The fraction of sp³-hybridized carbons (Fsp3) is 0.176. The average Bonchev–Trinajstić information content (AvgIpc) is 2.78. The van der Waals surface area contributed by atoms with Crippen molar-refractivity contribution >= 4 is 11.8 Å². The topological polar surface area (TPSA) is 43.4 Å². The number of Topliss-reactive ketones (excluding diaryl/α,β-unsaturated/α-hetero) is 1. The minimum Gasteiger partial charge on any atom is -0.426 e. The van der Waals surface area contributed by atoms with Crippen molar-refractivity contribution in [2.24, 2.45) is 0 Å². The van der Waals surface area contributed by atoms with Crippen LogP contribution in [0.15, 0.2) is 42.5 Å². The van der Waals surface area contributed by atoms with Gasteiger partial charge in [0.25, 0.3) is 0 Å². The van der Waals surface area contributed by atoms with E-state index in [-0.39, 0.29) is 12.2 Å². The van der Waals surface area contributed by atoms with Crippen LogP contribution >= 0.6 is 0 Å². The van der Waals surface area contributed by atoms with E-state index < -0.39 is 5.97 Å². The third kappa shape index (κ3) is 2.23. The summed E-state index contributed by atoms with van der Waals surface area (Å²) in [7, 11) is 0. The van der Waals surface area contributed by atoms with Gasteiger partial charge in [0.2, 0.25) is 0 Å². The van der Waals surface area contributed by atoms with E-state index in [0.29, 0.717) is 5.75 Å². The van der Waals surface area contributed by atoms with Crippen molar-refractivity contribution in [1.82, 2.24) is 0 Å². The molecule has 3 heteroatoms. The Morgan fingerprint density at radius 3 is 2.60 bits per heavy atom. The van der Waals surface area contributed by atoms with E-state index in [1.807, 2.05) is 24.3 Å². The second kappa shape index (κ2) is 4.93. The number of hydrogen-bond donors (Lipinski definition) is 0. The number of esters is 1. The first-order chi connectivity index (χ1) is 9.65. The number of carbonyl (C=O) groups is 2. The smallest absolute Gasteiger partial charge is 0.318 e. The summed E-state index contributed by atoms with van der Waals surface area (Å²) in [6, 6.07) is 13.8. The summed E-state index contributed by atoms with van der Waals surface area (Å²) in [5, 5.41) is 0. The molecule has 2 aromatic carbocycles. The molecule has 0 saturated heterocycles. The summed E-state index contributed by atoms with van der Waals surface area (Å²) in [6.07, 6.45) is 0.575. The lowest BCUT2D eigenvalue weighted by molar-refractivity contribution is -0.137. The fourth-order valence-corrected chi connectivity index (χ4v) is 2.59. The van der Waals surface area contributed by atoms with E-state index in [1.54, 1.807) is 6.07 Å². The first-order valence-electron chi connectivity index (χ1n) is 6.55. The Morgan fingerprint density at radius 2 is 1.80 bits per heavy atom. The molecule has 0 radical (unpaired) electrons. The van der Waals surface area contributed by atoms with Crippen molar-refractivity contribution < 1.29 is 14.3 Å². The largest absolute Gasteiger partial charge is 0.426 e. The summed E-state index contributed by atoms with van der Waals surface area (Å²) in [5.41, 5.74) is 4.55. The number of benzene rings is 2. The Bertz CT molecular complexity index is 701. The van der Waals surface area contributed by atoms with Gasteiger partial charge in [0, 0.05) is 12.0 Å². The van der Waals surface area contributed by atoms with Crippen molar-refractivity contribution in [3.8, 4) is 16.9 Å². The average molecular weight is 266 g/mol. The summed E-state index contributed by atoms with van der Waals surface area (Å²) in [4.78, 5) is 22.6. The zero-order valence-corrected chi connectivity index (χ0v) is 11.2. The second-order valence-corrected chi connectivity index (χ2v) is 4.97. The summed E-state index contributed by atoms with van der Waals surface area (Å²) >= 11 is 0. The highest BCUT2D eigenvalue weighted by atomic mass is 16.5.